The predicted octanol–water partition coefficient (Wildman–Crippen LogP) is 3.18. The maximum atomic E-state index is 5.78. The highest BCUT2D eigenvalue weighted by Crippen LogP contribution is 2.24. The zero-order valence-corrected chi connectivity index (χ0v) is 12.4. The van der Waals surface area contributed by atoms with Crippen LogP contribution in [-0.2, 0) is 0 Å². The maximum Gasteiger partial charge on any atom is 0.106 e. The molecule has 0 amide bonds. The van der Waals surface area contributed by atoms with Crippen molar-refractivity contribution in [1.29, 1.82) is 0 Å². The summed E-state index contributed by atoms with van der Waals surface area (Å²) in [5.41, 5.74) is 9.02. The maximum absolute atomic E-state index is 5.78. The Morgan fingerprint density at radius 3 is 2.83 bits per heavy atom. The standard InChI is InChI=1S/C14H20N2S2/c1-10-2-3-13(12(8-10)14(15)17)16-9-11-4-6-18-7-5-11/h2-3,8,11,16H,4-7,9H2,1H3,(H2,15,17). The summed E-state index contributed by atoms with van der Waals surface area (Å²) in [4.78, 5) is 0.473. The highest BCUT2D eigenvalue weighted by Gasteiger charge is 2.14. The molecule has 0 saturated carbocycles. The molecule has 0 aromatic heterocycles. The van der Waals surface area contributed by atoms with Gasteiger partial charge in [0.25, 0.3) is 0 Å². The molecule has 1 aliphatic rings. The molecule has 0 unspecified atom stereocenters. The fourth-order valence-electron chi connectivity index (χ4n) is 2.22. The molecule has 3 N–H and O–H groups in total. The Balaban J connectivity index is 2.01. The average molecular weight is 280 g/mol. The van der Waals surface area contributed by atoms with Crippen molar-refractivity contribution in [3.63, 3.8) is 0 Å². The van der Waals surface area contributed by atoms with Gasteiger partial charge >= 0.3 is 0 Å². The van der Waals surface area contributed by atoms with E-state index in [0.29, 0.717) is 4.99 Å². The summed E-state index contributed by atoms with van der Waals surface area (Å²) >= 11 is 7.18. The van der Waals surface area contributed by atoms with E-state index in [1.165, 1.54) is 29.9 Å². The Morgan fingerprint density at radius 2 is 2.17 bits per heavy atom. The number of thiocarbonyl (C=S) groups is 1. The third kappa shape index (κ3) is 3.62. The second-order valence-corrected chi connectivity index (χ2v) is 6.51. The van der Waals surface area contributed by atoms with Crippen LogP contribution in [0.2, 0.25) is 0 Å². The monoisotopic (exact) mass is 280 g/mol. The number of hydrogen-bond donors (Lipinski definition) is 2. The van der Waals surface area contributed by atoms with Crippen LogP contribution in [0.3, 0.4) is 0 Å². The highest BCUT2D eigenvalue weighted by atomic mass is 32.2. The quantitative estimate of drug-likeness (QED) is 0.831. The lowest BCUT2D eigenvalue weighted by molar-refractivity contribution is 0.516. The van der Waals surface area contributed by atoms with Gasteiger partial charge in [-0.1, -0.05) is 23.8 Å². The Labute approximate surface area is 119 Å². The lowest BCUT2D eigenvalue weighted by Gasteiger charge is -2.23. The van der Waals surface area contributed by atoms with Crippen LogP contribution < -0.4 is 11.1 Å². The molecule has 2 rings (SSSR count). The number of nitrogens with one attached hydrogen (secondary N) is 1. The molecular formula is C14H20N2S2. The predicted molar refractivity (Wildman–Crippen MR) is 85.6 cm³/mol. The van der Waals surface area contributed by atoms with E-state index in [1.54, 1.807) is 0 Å². The fraction of sp³-hybridized carbons (Fsp3) is 0.500. The molecule has 0 spiro atoms. The van der Waals surface area contributed by atoms with Gasteiger partial charge in [-0.05, 0) is 49.3 Å². The van der Waals surface area contributed by atoms with E-state index in [9.17, 15) is 0 Å². The van der Waals surface area contributed by atoms with Crippen molar-refractivity contribution < 1.29 is 0 Å². The Kier molecular flexibility index (Phi) is 4.89. The zero-order chi connectivity index (χ0) is 13.0. The number of nitrogens with two attached hydrogens (primary N) is 1. The van der Waals surface area contributed by atoms with Gasteiger partial charge in [-0.25, -0.2) is 0 Å². The Hall–Kier alpha value is -0.740. The second-order valence-electron chi connectivity index (χ2n) is 4.85. The minimum absolute atomic E-state index is 0.473. The van der Waals surface area contributed by atoms with Gasteiger partial charge in [0.15, 0.2) is 0 Å². The first-order valence-electron chi connectivity index (χ1n) is 6.39. The van der Waals surface area contributed by atoms with Crippen molar-refractivity contribution in [1.82, 2.24) is 0 Å². The largest absolute Gasteiger partial charge is 0.389 e. The summed E-state index contributed by atoms with van der Waals surface area (Å²) in [6, 6.07) is 6.24. The van der Waals surface area contributed by atoms with Crippen molar-refractivity contribution in [2.45, 2.75) is 19.8 Å². The van der Waals surface area contributed by atoms with Crippen LogP contribution in [0.4, 0.5) is 5.69 Å². The fourth-order valence-corrected chi connectivity index (χ4v) is 3.59. The van der Waals surface area contributed by atoms with Gasteiger partial charge in [0.05, 0.1) is 0 Å². The van der Waals surface area contributed by atoms with Gasteiger partial charge in [-0.2, -0.15) is 11.8 Å². The first-order chi connectivity index (χ1) is 8.66. The first kappa shape index (κ1) is 13.7. The van der Waals surface area contributed by atoms with E-state index >= 15 is 0 Å². The van der Waals surface area contributed by atoms with E-state index in [4.69, 9.17) is 18.0 Å². The summed E-state index contributed by atoms with van der Waals surface area (Å²) < 4.78 is 0. The molecule has 2 nitrogen and oxygen atoms in total. The summed E-state index contributed by atoms with van der Waals surface area (Å²) in [5.74, 6) is 3.37. The van der Waals surface area contributed by atoms with Crippen molar-refractivity contribution in [2.75, 3.05) is 23.4 Å². The van der Waals surface area contributed by atoms with Crippen LogP contribution in [0.1, 0.15) is 24.0 Å². The van der Waals surface area contributed by atoms with Crippen LogP contribution in [-0.4, -0.2) is 23.0 Å². The highest BCUT2D eigenvalue weighted by molar-refractivity contribution is 7.99. The van der Waals surface area contributed by atoms with Gasteiger partial charge in [-0.15, -0.1) is 0 Å². The van der Waals surface area contributed by atoms with Crippen molar-refractivity contribution in [3.05, 3.63) is 29.3 Å². The van der Waals surface area contributed by atoms with E-state index in [1.807, 2.05) is 0 Å². The van der Waals surface area contributed by atoms with Crippen LogP contribution in [0.25, 0.3) is 0 Å². The van der Waals surface area contributed by atoms with Crippen LogP contribution in [0.15, 0.2) is 18.2 Å². The minimum atomic E-state index is 0.473. The van der Waals surface area contributed by atoms with Crippen LogP contribution in [0.5, 0.6) is 0 Å². The Bertz CT molecular complexity index is 426. The molecule has 1 aliphatic heterocycles. The molecule has 0 radical (unpaired) electrons. The van der Waals surface area contributed by atoms with Crippen molar-refractivity contribution >= 4 is 34.7 Å². The molecule has 0 bridgehead atoms. The van der Waals surface area contributed by atoms with E-state index < -0.39 is 0 Å². The van der Waals surface area contributed by atoms with Gasteiger partial charge < -0.3 is 11.1 Å². The second kappa shape index (κ2) is 6.43. The van der Waals surface area contributed by atoms with Gasteiger partial charge in [-0.3, -0.25) is 0 Å². The van der Waals surface area contributed by atoms with E-state index in [2.05, 4.69) is 42.2 Å². The minimum Gasteiger partial charge on any atom is -0.389 e. The molecular weight excluding hydrogens is 260 g/mol. The van der Waals surface area contributed by atoms with Gasteiger partial charge in [0, 0.05) is 17.8 Å². The van der Waals surface area contributed by atoms with Gasteiger partial charge in [0.1, 0.15) is 4.99 Å². The third-order valence-electron chi connectivity index (χ3n) is 3.36. The molecule has 18 heavy (non-hydrogen) atoms. The smallest absolute Gasteiger partial charge is 0.106 e. The SMILES string of the molecule is Cc1ccc(NCC2CCSCC2)c(C(N)=S)c1. The average Bonchev–Trinajstić information content (AvgIpc) is 2.38. The third-order valence-corrected chi connectivity index (χ3v) is 4.63. The molecule has 98 valence electrons. The topological polar surface area (TPSA) is 38.0 Å². The summed E-state index contributed by atoms with van der Waals surface area (Å²) in [7, 11) is 0. The molecule has 1 aromatic rings. The molecule has 4 heteroatoms. The summed E-state index contributed by atoms with van der Waals surface area (Å²) in [6.07, 6.45) is 2.62. The molecule has 0 aliphatic carbocycles. The lowest BCUT2D eigenvalue weighted by atomic mass is 10.0. The number of anilines is 1. The summed E-state index contributed by atoms with van der Waals surface area (Å²) in [6.45, 7) is 3.09. The molecule has 0 atom stereocenters. The zero-order valence-electron chi connectivity index (χ0n) is 10.7. The molecule has 1 saturated heterocycles. The summed E-state index contributed by atoms with van der Waals surface area (Å²) in [5, 5.41) is 3.51. The van der Waals surface area contributed by atoms with Crippen molar-refractivity contribution in [3.8, 4) is 0 Å². The molecule has 1 aromatic carbocycles. The normalized spacial score (nSPS) is 16.5. The number of rotatable bonds is 4. The Morgan fingerprint density at radius 1 is 1.44 bits per heavy atom. The molecule has 1 heterocycles. The molecule has 1 fully saturated rings. The lowest BCUT2D eigenvalue weighted by Crippen LogP contribution is -2.21. The van der Waals surface area contributed by atoms with Crippen LogP contribution in [0, 0.1) is 12.8 Å². The van der Waals surface area contributed by atoms with Crippen LogP contribution >= 0.6 is 24.0 Å². The van der Waals surface area contributed by atoms with Gasteiger partial charge in [0.2, 0.25) is 0 Å². The number of aryl methyl sites for hydroxylation is 1. The number of benzene rings is 1. The van der Waals surface area contributed by atoms with E-state index in [0.717, 1.165) is 23.7 Å². The number of hydrogen-bond acceptors (Lipinski definition) is 3. The number of thioether (sulfide) groups is 1. The first-order valence-corrected chi connectivity index (χ1v) is 7.95. The van der Waals surface area contributed by atoms with E-state index in [-0.39, 0.29) is 0 Å². The van der Waals surface area contributed by atoms with Crippen molar-refractivity contribution in [2.24, 2.45) is 11.7 Å².